The topological polar surface area (TPSA) is 72.9 Å². The molecule has 0 bridgehead atoms. The Bertz CT molecular complexity index is 968. The van der Waals surface area contributed by atoms with Crippen molar-refractivity contribution in [1.29, 1.82) is 0 Å². The lowest BCUT2D eigenvalue weighted by atomic mass is 10.2. The minimum Gasteiger partial charge on any atom is -0.423 e. The maximum atomic E-state index is 13.2. The Hall–Kier alpha value is -2.36. The number of halogens is 2. The van der Waals surface area contributed by atoms with Crippen LogP contribution in [0.15, 0.2) is 47.4 Å². The molecule has 150 valence electrons. The predicted octanol–water partition coefficient (Wildman–Crippen LogP) is 2.98. The number of benzene rings is 2. The van der Waals surface area contributed by atoms with Crippen LogP contribution in [0.5, 0.6) is 5.75 Å². The van der Waals surface area contributed by atoms with E-state index >= 15 is 0 Å². The SMILES string of the molecule is C[C@@H]1CN(S(=O)(=O)c2ccc(C(=O)Oc3ccc(F)c(F)c3)cc2)C[C@@H](C)O1. The summed E-state index contributed by atoms with van der Waals surface area (Å²) in [5.74, 6) is -3.16. The van der Waals surface area contributed by atoms with E-state index in [0.717, 1.165) is 18.2 Å². The molecular formula is C19H19F2NO5S. The van der Waals surface area contributed by atoms with Crippen LogP contribution in [0.25, 0.3) is 0 Å². The second-order valence-electron chi connectivity index (χ2n) is 6.57. The van der Waals surface area contributed by atoms with Crippen molar-refractivity contribution in [3.8, 4) is 5.75 Å². The number of carbonyl (C=O) groups excluding carboxylic acids is 1. The van der Waals surface area contributed by atoms with Gasteiger partial charge in [0, 0.05) is 19.2 Å². The van der Waals surface area contributed by atoms with Crippen molar-refractivity contribution < 1.29 is 31.5 Å². The summed E-state index contributed by atoms with van der Waals surface area (Å²) in [5.41, 5.74) is 0.0763. The van der Waals surface area contributed by atoms with Crippen LogP contribution in [0.1, 0.15) is 24.2 Å². The van der Waals surface area contributed by atoms with Crippen LogP contribution >= 0.6 is 0 Å². The number of morpholine rings is 1. The van der Waals surface area contributed by atoms with Gasteiger partial charge >= 0.3 is 5.97 Å². The van der Waals surface area contributed by atoms with Crippen molar-refractivity contribution in [1.82, 2.24) is 4.31 Å². The Balaban J connectivity index is 1.75. The van der Waals surface area contributed by atoms with Gasteiger partial charge in [-0.1, -0.05) is 0 Å². The van der Waals surface area contributed by atoms with Gasteiger partial charge in [-0.3, -0.25) is 0 Å². The van der Waals surface area contributed by atoms with Gasteiger partial charge in [-0.2, -0.15) is 4.31 Å². The van der Waals surface area contributed by atoms with Gasteiger partial charge in [0.05, 0.1) is 22.7 Å². The van der Waals surface area contributed by atoms with E-state index in [-0.39, 0.29) is 41.5 Å². The Kier molecular flexibility index (Phi) is 5.78. The first kappa shape index (κ1) is 20.4. The van der Waals surface area contributed by atoms with Crippen LogP contribution in [0, 0.1) is 11.6 Å². The lowest BCUT2D eigenvalue weighted by Gasteiger charge is -2.34. The van der Waals surface area contributed by atoms with E-state index in [1.54, 1.807) is 13.8 Å². The third-order valence-corrected chi connectivity index (χ3v) is 6.06. The summed E-state index contributed by atoms with van der Waals surface area (Å²) in [7, 11) is -3.73. The normalized spacial score (nSPS) is 20.7. The molecule has 9 heteroatoms. The monoisotopic (exact) mass is 411 g/mol. The molecule has 2 atom stereocenters. The largest absolute Gasteiger partial charge is 0.423 e. The molecule has 0 unspecified atom stereocenters. The first-order valence-electron chi connectivity index (χ1n) is 8.59. The highest BCUT2D eigenvalue weighted by molar-refractivity contribution is 7.89. The van der Waals surface area contributed by atoms with Crippen LogP contribution in [0.2, 0.25) is 0 Å². The summed E-state index contributed by atoms with van der Waals surface area (Å²) in [6.45, 7) is 4.09. The number of rotatable bonds is 4. The fraction of sp³-hybridized carbons (Fsp3) is 0.316. The van der Waals surface area contributed by atoms with E-state index in [1.165, 1.54) is 28.6 Å². The molecule has 0 aliphatic carbocycles. The smallest absolute Gasteiger partial charge is 0.343 e. The molecule has 1 saturated heterocycles. The van der Waals surface area contributed by atoms with Gasteiger partial charge < -0.3 is 9.47 Å². The van der Waals surface area contributed by atoms with Crippen molar-refractivity contribution in [2.75, 3.05) is 13.1 Å². The number of sulfonamides is 1. The maximum Gasteiger partial charge on any atom is 0.343 e. The first-order valence-corrected chi connectivity index (χ1v) is 10.0. The lowest BCUT2D eigenvalue weighted by molar-refractivity contribution is -0.0440. The first-order chi connectivity index (χ1) is 13.2. The Morgan fingerprint density at radius 2 is 1.64 bits per heavy atom. The molecule has 0 aromatic heterocycles. The van der Waals surface area contributed by atoms with Crippen LogP contribution in [0.4, 0.5) is 8.78 Å². The van der Waals surface area contributed by atoms with Gasteiger partial charge in [0.15, 0.2) is 11.6 Å². The predicted molar refractivity (Wildman–Crippen MR) is 96.5 cm³/mol. The average Bonchev–Trinajstić information content (AvgIpc) is 2.64. The molecule has 0 N–H and O–H groups in total. The third kappa shape index (κ3) is 4.37. The summed E-state index contributed by atoms with van der Waals surface area (Å²) in [6.07, 6.45) is -0.437. The zero-order chi connectivity index (χ0) is 20.5. The van der Waals surface area contributed by atoms with Crippen LogP contribution < -0.4 is 4.74 Å². The zero-order valence-electron chi connectivity index (χ0n) is 15.3. The van der Waals surface area contributed by atoms with E-state index in [4.69, 9.17) is 9.47 Å². The van der Waals surface area contributed by atoms with Gasteiger partial charge in [0.25, 0.3) is 0 Å². The molecule has 28 heavy (non-hydrogen) atoms. The Labute approximate surface area is 161 Å². The van der Waals surface area contributed by atoms with Gasteiger partial charge in [0.2, 0.25) is 10.0 Å². The van der Waals surface area contributed by atoms with Gasteiger partial charge in [-0.15, -0.1) is 0 Å². The van der Waals surface area contributed by atoms with E-state index in [0.29, 0.717) is 0 Å². The van der Waals surface area contributed by atoms with E-state index in [1.807, 2.05) is 0 Å². The Morgan fingerprint density at radius 1 is 1.04 bits per heavy atom. The second kappa shape index (κ2) is 7.94. The van der Waals surface area contributed by atoms with Crippen molar-refractivity contribution in [3.63, 3.8) is 0 Å². The number of carbonyl (C=O) groups is 1. The van der Waals surface area contributed by atoms with E-state index < -0.39 is 27.6 Å². The van der Waals surface area contributed by atoms with E-state index in [2.05, 4.69) is 0 Å². The summed E-state index contributed by atoms with van der Waals surface area (Å²) >= 11 is 0. The minimum absolute atomic E-state index is 0.0400. The number of hydrogen-bond acceptors (Lipinski definition) is 5. The molecule has 0 amide bonds. The molecule has 1 heterocycles. The quantitative estimate of drug-likeness (QED) is 0.571. The van der Waals surface area contributed by atoms with Crippen LogP contribution in [0.3, 0.4) is 0 Å². The highest BCUT2D eigenvalue weighted by Gasteiger charge is 2.32. The summed E-state index contributed by atoms with van der Waals surface area (Å²) in [6, 6.07) is 7.95. The van der Waals surface area contributed by atoms with Gasteiger partial charge in [0.1, 0.15) is 5.75 Å². The summed E-state index contributed by atoms with van der Waals surface area (Å²) < 4.78 is 63.6. The molecule has 0 saturated carbocycles. The lowest BCUT2D eigenvalue weighted by Crippen LogP contribution is -2.48. The number of nitrogens with zero attached hydrogens (tertiary/aromatic N) is 1. The molecule has 1 fully saturated rings. The molecule has 6 nitrogen and oxygen atoms in total. The minimum atomic E-state index is -3.73. The summed E-state index contributed by atoms with van der Waals surface area (Å²) in [5, 5.41) is 0. The van der Waals surface area contributed by atoms with E-state index in [9.17, 15) is 22.0 Å². The standard InChI is InChI=1S/C19H19F2NO5S/c1-12-10-22(11-13(2)26-12)28(24,25)16-6-3-14(4-7-16)19(23)27-15-5-8-17(20)18(21)9-15/h3-9,12-13H,10-11H2,1-2H3/t12-,13-/m1/s1. The van der Waals surface area contributed by atoms with Gasteiger partial charge in [-0.05, 0) is 50.2 Å². The average molecular weight is 411 g/mol. The molecule has 0 radical (unpaired) electrons. The number of hydrogen-bond donors (Lipinski definition) is 0. The third-order valence-electron chi connectivity index (χ3n) is 4.22. The number of ether oxygens (including phenoxy) is 2. The molecule has 1 aliphatic heterocycles. The number of esters is 1. The Morgan fingerprint density at radius 3 is 2.21 bits per heavy atom. The van der Waals surface area contributed by atoms with Crippen LogP contribution in [-0.4, -0.2) is 44.0 Å². The molecule has 2 aromatic rings. The molecule has 1 aliphatic rings. The van der Waals surface area contributed by atoms with Crippen LogP contribution in [-0.2, 0) is 14.8 Å². The fourth-order valence-electron chi connectivity index (χ4n) is 2.95. The van der Waals surface area contributed by atoms with Crippen molar-refractivity contribution in [2.24, 2.45) is 0 Å². The van der Waals surface area contributed by atoms with Crippen molar-refractivity contribution in [3.05, 3.63) is 59.7 Å². The molecule has 3 rings (SSSR count). The highest BCUT2D eigenvalue weighted by atomic mass is 32.2. The van der Waals surface area contributed by atoms with Crippen molar-refractivity contribution in [2.45, 2.75) is 31.0 Å². The molecular weight excluding hydrogens is 392 g/mol. The summed E-state index contributed by atoms with van der Waals surface area (Å²) in [4.78, 5) is 12.2. The fourth-order valence-corrected chi connectivity index (χ4v) is 4.54. The molecule has 2 aromatic carbocycles. The highest BCUT2D eigenvalue weighted by Crippen LogP contribution is 2.22. The zero-order valence-corrected chi connectivity index (χ0v) is 16.1. The molecule has 0 spiro atoms. The van der Waals surface area contributed by atoms with Crippen molar-refractivity contribution >= 4 is 16.0 Å². The van der Waals surface area contributed by atoms with Gasteiger partial charge in [-0.25, -0.2) is 22.0 Å². The maximum absolute atomic E-state index is 13.2. The second-order valence-corrected chi connectivity index (χ2v) is 8.51.